The monoisotopic (exact) mass is 544 g/mol. The van der Waals surface area contributed by atoms with Gasteiger partial charge in [-0.3, -0.25) is 15.0 Å². The molecule has 2 aromatic heterocycles. The Morgan fingerprint density at radius 1 is 1.22 bits per heavy atom. The van der Waals surface area contributed by atoms with Crippen LogP contribution in [-0.2, 0) is 10.2 Å². The largest absolute Gasteiger partial charge is 0.329 e. The summed E-state index contributed by atoms with van der Waals surface area (Å²) >= 11 is 10.1. The van der Waals surface area contributed by atoms with Crippen LogP contribution in [0.25, 0.3) is 10.2 Å². The van der Waals surface area contributed by atoms with E-state index in [0.717, 1.165) is 39.6 Å². The lowest BCUT2D eigenvalue weighted by Crippen LogP contribution is -2.69. The van der Waals surface area contributed by atoms with Crippen LogP contribution in [0, 0.1) is 31.6 Å². The SMILES string of the molecule is Cc1csc(C2(CN)[C@@H]3CN(C4NC5NNC(c6ccc7nc(C)sc7c6Cl)C5C(=O)N4C)C[C@@H]32)n1. The highest BCUT2D eigenvalue weighted by Gasteiger charge is 2.70. The van der Waals surface area contributed by atoms with Gasteiger partial charge in [-0.15, -0.1) is 22.7 Å². The summed E-state index contributed by atoms with van der Waals surface area (Å²) in [5.74, 6) is 0.747. The van der Waals surface area contributed by atoms with Crippen molar-refractivity contribution in [3.63, 3.8) is 0 Å². The molecule has 36 heavy (non-hydrogen) atoms. The van der Waals surface area contributed by atoms with Crippen molar-refractivity contribution in [3.05, 3.63) is 43.8 Å². The highest BCUT2D eigenvalue weighted by Crippen LogP contribution is 2.63. The van der Waals surface area contributed by atoms with Crippen molar-refractivity contribution in [3.8, 4) is 0 Å². The molecule has 0 bridgehead atoms. The number of piperidine rings is 1. The molecule has 4 fully saturated rings. The topological polar surface area (TPSA) is 111 Å². The highest BCUT2D eigenvalue weighted by atomic mass is 35.5. The van der Waals surface area contributed by atoms with Crippen molar-refractivity contribution >= 4 is 50.4 Å². The maximum Gasteiger partial charge on any atom is 0.232 e. The number of aromatic nitrogens is 2. The zero-order valence-electron chi connectivity index (χ0n) is 20.3. The standard InChI is InChI=1S/C24H29ClN8OS2/c1-10-8-35-22(27-10)24(9-26)13-6-33(7-14(13)24)23-29-20-16(21(34)32(23)3)18(30-31-20)12-4-5-15-19(17(12)25)36-11(2)28-15/h4-5,8,13-14,16,18,20,23,29-31H,6-7,9,26H2,1-3H3/t13-,14+,16?,18?,20?,23?,24?. The van der Waals surface area contributed by atoms with Gasteiger partial charge in [-0.1, -0.05) is 17.7 Å². The third-order valence-corrected chi connectivity index (χ3v) is 11.3. The average molecular weight is 545 g/mol. The first-order valence-electron chi connectivity index (χ1n) is 12.3. The fraction of sp³-hybridized carbons (Fsp3) is 0.542. The van der Waals surface area contributed by atoms with E-state index < -0.39 is 0 Å². The lowest BCUT2D eigenvalue weighted by atomic mass is 9.90. The Hall–Kier alpha value is -1.70. The van der Waals surface area contributed by atoms with Gasteiger partial charge in [0.25, 0.3) is 0 Å². The number of hydrazine groups is 1. The van der Waals surface area contributed by atoms with E-state index in [1.165, 1.54) is 5.01 Å². The number of halogens is 1. The first-order valence-corrected chi connectivity index (χ1v) is 14.4. The molecule has 5 heterocycles. The minimum absolute atomic E-state index is 0.00212. The molecule has 5 N–H and O–H groups in total. The minimum atomic E-state index is -0.311. The van der Waals surface area contributed by atoms with Crippen LogP contribution < -0.4 is 21.9 Å². The molecule has 7 rings (SSSR count). The molecule has 4 aliphatic rings. The number of benzene rings is 1. The van der Waals surface area contributed by atoms with Gasteiger partial charge >= 0.3 is 0 Å². The van der Waals surface area contributed by atoms with Crippen molar-refractivity contribution in [1.29, 1.82) is 0 Å². The number of carbonyl (C=O) groups excluding carboxylic acids is 1. The molecule has 5 unspecified atom stereocenters. The zero-order chi connectivity index (χ0) is 24.9. The number of thiazole rings is 2. The summed E-state index contributed by atoms with van der Waals surface area (Å²) in [5.41, 5.74) is 15.9. The Balaban J connectivity index is 1.10. The Morgan fingerprint density at radius 2 is 2.00 bits per heavy atom. The number of nitrogens with two attached hydrogens (primary N) is 1. The molecule has 7 atom stereocenters. The van der Waals surface area contributed by atoms with E-state index in [1.807, 2.05) is 37.9 Å². The quantitative estimate of drug-likeness (QED) is 0.394. The first kappa shape index (κ1) is 23.4. The van der Waals surface area contributed by atoms with Crippen molar-refractivity contribution in [2.75, 3.05) is 26.7 Å². The second kappa shape index (κ2) is 8.15. The second-order valence-corrected chi connectivity index (χ2v) is 13.0. The molecule has 9 nitrogen and oxygen atoms in total. The molecule has 3 aromatic rings. The summed E-state index contributed by atoms with van der Waals surface area (Å²) in [6, 6.07) is 3.75. The van der Waals surface area contributed by atoms with E-state index in [-0.39, 0.29) is 35.7 Å². The molecule has 0 radical (unpaired) electrons. The predicted molar refractivity (Wildman–Crippen MR) is 141 cm³/mol. The number of hydrogen-bond acceptors (Lipinski definition) is 10. The molecule has 12 heteroatoms. The number of aryl methyl sites for hydroxylation is 2. The average Bonchev–Trinajstić information content (AvgIpc) is 3.46. The Morgan fingerprint density at radius 3 is 2.69 bits per heavy atom. The van der Waals surface area contributed by atoms with Crippen LogP contribution in [0.1, 0.15) is 27.3 Å². The molecule has 3 saturated heterocycles. The van der Waals surface area contributed by atoms with Crippen molar-refractivity contribution < 1.29 is 4.79 Å². The number of rotatable bonds is 4. The van der Waals surface area contributed by atoms with E-state index >= 15 is 0 Å². The maximum atomic E-state index is 13.7. The smallest absolute Gasteiger partial charge is 0.232 e. The summed E-state index contributed by atoms with van der Waals surface area (Å²) in [6.07, 6.45) is -0.369. The number of fused-ring (bicyclic) bond motifs is 3. The van der Waals surface area contributed by atoms with Gasteiger partial charge < -0.3 is 10.6 Å². The molecule has 3 aliphatic heterocycles. The molecular weight excluding hydrogens is 516 g/mol. The number of amides is 1. The lowest BCUT2D eigenvalue weighted by molar-refractivity contribution is -0.149. The Bertz CT molecular complexity index is 1360. The fourth-order valence-corrected chi connectivity index (χ4v) is 9.19. The van der Waals surface area contributed by atoms with E-state index in [1.54, 1.807) is 22.7 Å². The summed E-state index contributed by atoms with van der Waals surface area (Å²) in [7, 11) is 1.90. The van der Waals surface area contributed by atoms with Gasteiger partial charge in [-0.05, 0) is 37.3 Å². The molecule has 190 valence electrons. The molecule has 1 saturated carbocycles. The van der Waals surface area contributed by atoms with Crippen LogP contribution >= 0.6 is 34.3 Å². The third-order valence-electron chi connectivity index (χ3n) is 8.67. The lowest BCUT2D eigenvalue weighted by Gasteiger charge is -2.45. The van der Waals surface area contributed by atoms with Gasteiger partial charge in [-0.2, -0.15) is 0 Å². The Kier molecular flexibility index (Phi) is 5.30. The molecule has 1 amide bonds. The number of likely N-dealkylation sites (tertiary alicyclic amines) is 1. The normalized spacial score (nSPS) is 36.0. The fourth-order valence-electron chi connectivity index (χ4n) is 6.80. The van der Waals surface area contributed by atoms with Gasteiger partial charge in [0.15, 0.2) is 0 Å². The third kappa shape index (κ3) is 3.15. The predicted octanol–water partition coefficient (Wildman–Crippen LogP) is 1.92. The maximum absolute atomic E-state index is 13.7. The van der Waals surface area contributed by atoms with Crippen LogP contribution in [0.5, 0.6) is 0 Å². The van der Waals surface area contributed by atoms with Gasteiger partial charge in [0.1, 0.15) is 11.3 Å². The van der Waals surface area contributed by atoms with Gasteiger partial charge in [0.05, 0.1) is 38.4 Å². The highest BCUT2D eigenvalue weighted by molar-refractivity contribution is 7.19. The van der Waals surface area contributed by atoms with Gasteiger partial charge in [0.2, 0.25) is 5.91 Å². The van der Waals surface area contributed by atoms with Crippen LogP contribution in [0.15, 0.2) is 17.5 Å². The summed E-state index contributed by atoms with van der Waals surface area (Å²) in [6.45, 7) is 6.44. The van der Waals surface area contributed by atoms with Crippen LogP contribution in [0.4, 0.5) is 0 Å². The zero-order valence-corrected chi connectivity index (χ0v) is 22.7. The summed E-state index contributed by atoms with van der Waals surface area (Å²) in [5, 5.41) is 8.63. The van der Waals surface area contributed by atoms with E-state index in [2.05, 4.69) is 31.4 Å². The number of nitrogens with zero attached hydrogens (tertiary/aromatic N) is 4. The van der Waals surface area contributed by atoms with Crippen LogP contribution in [-0.4, -0.2) is 64.8 Å². The summed E-state index contributed by atoms with van der Waals surface area (Å²) in [4.78, 5) is 27.3. The number of carbonyl (C=O) groups is 1. The van der Waals surface area contributed by atoms with Gasteiger partial charge in [-0.25, -0.2) is 20.8 Å². The molecule has 0 spiro atoms. The van der Waals surface area contributed by atoms with E-state index in [9.17, 15) is 4.79 Å². The second-order valence-electron chi connectivity index (χ2n) is 10.5. The number of nitrogens with one attached hydrogen (secondary N) is 3. The van der Waals surface area contributed by atoms with Crippen molar-refractivity contribution in [2.45, 2.75) is 37.8 Å². The van der Waals surface area contributed by atoms with Crippen molar-refractivity contribution in [2.24, 2.45) is 23.5 Å². The molecule has 1 aliphatic carbocycles. The van der Waals surface area contributed by atoms with E-state index in [4.69, 9.17) is 22.3 Å². The Labute approximate surface area is 222 Å². The van der Waals surface area contributed by atoms with Crippen molar-refractivity contribution in [1.82, 2.24) is 35.9 Å². The first-order chi connectivity index (χ1) is 17.3. The van der Waals surface area contributed by atoms with Gasteiger partial charge in [0, 0.05) is 43.2 Å². The van der Waals surface area contributed by atoms with E-state index in [0.29, 0.717) is 23.4 Å². The van der Waals surface area contributed by atoms with Crippen LogP contribution in [0.3, 0.4) is 0 Å². The number of hydrogen-bond donors (Lipinski definition) is 4. The summed E-state index contributed by atoms with van der Waals surface area (Å²) < 4.78 is 0.967. The molecular formula is C24H29ClN8OS2. The molecule has 1 aromatic carbocycles. The minimum Gasteiger partial charge on any atom is -0.329 e. The van der Waals surface area contributed by atoms with Crippen LogP contribution in [0.2, 0.25) is 5.02 Å².